The highest BCUT2D eigenvalue weighted by Crippen LogP contribution is 2.34. The normalized spacial score (nSPS) is 14.8. The van der Waals surface area contributed by atoms with Crippen LogP contribution in [0.5, 0.6) is 0 Å². The molecule has 1 unspecified atom stereocenters. The van der Waals surface area contributed by atoms with E-state index in [-0.39, 0.29) is 20.4 Å². The largest absolute Gasteiger partial charge is 0.388 e. The summed E-state index contributed by atoms with van der Waals surface area (Å²) < 4.78 is 44.8. The van der Waals surface area contributed by atoms with Crippen molar-refractivity contribution in [2.45, 2.75) is 27.9 Å². The topological polar surface area (TPSA) is 115 Å². The van der Waals surface area contributed by atoms with Crippen molar-refractivity contribution in [3.63, 3.8) is 0 Å². The lowest BCUT2D eigenvalue weighted by molar-refractivity contribution is 0.171. The van der Waals surface area contributed by atoms with Crippen LogP contribution in [0.3, 0.4) is 0 Å². The highest BCUT2D eigenvalue weighted by molar-refractivity contribution is 7.94. The molecule has 9 heteroatoms. The number of aliphatic hydroxyl groups excluding tert-OH is 1. The average Bonchev–Trinajstić information content (AvgIpc) is 2.59. The minimum Gasteiger partial charge on any atom is -0.388 e. The van der Waals surface area contributed by atoms with E-state index in [2.05, 4.69) is 0 Å². The van der Waals surface area contributed by atoms with Crippen LogP contribution in [0.4, 0.5) is 0 Å². The second-order valence-electron chi connectivity index (χ2n) is 3.55. The van der Waals surface area contributed by atoms with Gasteiger partial charge in [0, 0.05) is 11.8 Å². The van der Waals surface area contributed by atoms with E-state index in [1.54, 1.807) is 6.92 Å². The third-order valence-corrected chi connectivity index (χ3v) is 6.50. The summed E-state index contributed by atoms with van der Waals surface area (Å²) in [6.45, 7) is 1.66. The van der Waals surface area contributed by atoms with E-state index >= 15 is 0 Å². The van der Waals surface area contributed by atoms with Gasteiger partial charge in [-0.1, -0.05) is 6.92 Å². The molecule has 0 bridgehead atoms. The second kappa shape index (κ2) is 4.65. The molecule has 0 spiro atoms. The van der Waals surface area contributed by atoms with Crippen molar-refractivity contribution < 1.29 is 21.9 Å². The van der Waals surface area contributed by atoms with Gasteiger partial charge in [-0.15, -0.1) is 11.3 Å². The van der Waals surface area contributed by atoms with Gasteiger partial charge in [-0.2, -0.15) is 0 Å². The SMILES string of the molecule is CCC(O)c1cc(S(N)(=O)=O)sc1S(C)(=O)=O. The molecule has 0 radical (unpaired) electrons. The molecule has 1 atom stereocenters. The Morgan fingerprint density at radius 2 is 1.94 bits per heavy atom. The molecule has 0 saturated carbocycles. The summed E-state index contributed by atoms with van der Waals surface area (Å²) in [5.41, 5.74) is 0.0871. The van der Waals surface area contributed by atoms with Crippen LogP contribution in [0.1, 0.15) is 25.0 Å². The number of sulfone groups is 1. The number of primary sulfonamides is 1. The first-order valence-electron chi connectivity index (χ1n) is 4.62. The van der Waals surface area contributed by atoms with Crippen LogP contribution in [0.2, 0.25) is 0 Å². The number of nitrogens with two attached hydrogens (primary N) is 1. The Hall–Kier alpha value is -0.480. The van der Waals surface area contributed by atoms with Crippen molar-refractivity contribution in [3.05, 3.63) is 11.6 Å². The van der Waals surface area contributed by atoms with Gasteiger partial charge < -0.3 is 5.11 Å². The average molecular weight is 299 g/mol. The van der Waals surface area contributed by atoms with Gasteiger partial charge >= 0.3 is 0 Å². The maximum Gasteiger partial charge on any atom is 0.247 e. The number of hydrogen-bond acceptors (Lipinski definition) is 6. The molecule has 0 fully saturated rings. The zero-order chi connectivity index (χ0) is 13.4. The predicted molar refractivity (Wildman–Crippen MR) is 64.1 cm³/mol. The lowest BCUT2D eigenvalue weighted by atomic mass is 10.1. The Morgan fingerprint density at radius 1 is 1.41 bits per heavy atom. The summed E-state index contributed by atoms with van der Waals surface area (Å²) in [4.78, 5) is 0. The summed E-state index contributed by atoms with van der Waals surface area (Å²) in [6.07, 6.45) is 0.215. The van der Waals surface area contributed by atoms with Crippen LogP contribution < -0.4 is 5.14 Å². The summed E-state index contributed by atoms with van der Waals surface area (Å²) >= 11 is 0.556. The van der Waals surface area contributed by atoms with Crippen molar-refractivity contribution >= 4 is 31.2 Å². The zero-order valence-corrected chi connectivity index (χ0v) is 11.7. The van der Waals surface area contributed by atoms with Gasteiger partial charge in [0.2, 0.25) is 10.0 Å². The van der Waals surface area contributed by atoms with Crippen LogP contribution in [-0.2, 0) is 19.9 Å². The van der Waals surface area contributed by atoms with E-state index in [9.17, 15) is 21.9 Å². The molecular weight excluding hydrogens is 286 g/mol. The van der Waals surface area contributed by atoms with Gasteiger partial charge in [0.15, 0.2) is 9.84 Å². The number of rotatable bonds is 4. The van der Waals surface area contributed by atoms with Gasteiger partial charge in [0.05, 0.1) is 6.10 Å². The minimum atomic E-state index is -3.96. The first-order chi connectivity index (χ1) is 7.57. The van der Waals surface area contributed by atoms with Gasteiger partial charge in [-0.3, -0.25) is 0 Å². The molecule has 0 aliphatic carbocycles. The molecule has 1 aromatic rings. The fourth-order valence-electron chi connectivity index (χ4n) is 1.25. The quantitative estimate of drug-likeness (QED) is 0.826. The highest BCUT2D eigenvalue weighted by atomic mass is 32.3. The van der Waals surface area contributed by atoms with Crippen molar-refractivity contribution in [2.24, 2.45) is 5.14 Å². The van der Waals surface area contributed by atoms with E-state index in [0.717, 1.165) is 12.3 Å². The fourth-order valence-corrected chi connectivity index (χ4v) is 4.59. The molecule has 98 valence electrons. The van der Waals surface area contributed by atoms with Crippen molar-refractivity contribution in [3.8, 4) is 0 Å². The molecule has 17 heavy (non-hydrogen) atoms. The van der Waals surface area contributed by atoms with Gasteiger partial charge in [-0.25, -0.2) is 22.0 Å². The molecule has 1 aromatic heterocycles. The lowest BCUT2D eigenvalue weighted by Gasteiger charge is -2.07. The van der Waals surface area contributed by atoms with Crippen molar-refractivity contribution in [1.29, 1.82) is 0 Å². The zero-order valence-electron chi connectivity index (χ0n) is 9.24. The molecule has 3 N–H and O–H groups in total. The van der Waals surface area contributed by atoms with Crippen LogP contribution in [-0.4, -0.2) is 28.2 Å². The predicted octanol–water partition coefficient (Wildman–Crippen LogP) is 0.242. The molecule has 1 heterocycles. The van der Waals surface area contributed by atoms with E-state index in [0.29, 0.717) is 11.3 Å². The summed E-state index contributed by atoms with van der Waals surface area (Å²) in [6, 6.07) is 1.12. The number of hydrogen-bond donors (Lipinski definition) is 2. The van der Waals surface area contributed by atoms with Gasteiger partial charge in [-0.05, 0) is 12.5 Å². The molecule has 0 aliphatic heterocycles. The highest BCUT2D eigenvalue weighted by Gasteiger charge is 2.25. The second-order valence-corrected chi connectivity index (χ2v) is 8.60. The van der Waals surface area contributed by atoms with Crippen LogP contribution in [0.15, 0.2) is 14.5 Å². The van der Waals surface area contributed by atoms with E-state index < -0.39 is 26.0 Å². The molecule has 0 saturated heterocycles. The molecule has 1 rings (SSSR count). The lowest BCUT2D eigenvalue weighted by Crippen LogP contribution is -2.10. The smallest absolute Gasteiger partial charge is 0.247 e. The number of sulfonamides is 1. The number of thiophene rings is 1. The Kier molecular flexibility index (Phi) is 3.99. The van der Waals surface area contributed by atoms with Crippen molar-refractivity contribution in [1.82, 2.24) is 0 Å². The Morgan fingerprint density at radius 3 is 2.29 bits per heavy atom. The third-order valence-electron chi connectivity index (χ3n) is 2.07. The fraction of sp³-hybridized carbons (Fsp3) is 0.500. The molecule has 0 aliphatic rings. The van der Waals surface area contributed by atoms with Crippen LogP contribution in [0.25, 0.3) is 0 Å². The summed E-state index contributed by atoms with van der Waals surface area (Å²) in [5.74, 6) is 0. The van der Waals surface area contributed by atoms with Crippen LogP contribution in [0, 0.1) is 0 Å². The Balaban J connectivity index is 3.54. The minimum absolute atomic E-state index is 0.0871. The summed E-state index contributed by atoms with van der Waals surface area (Å²) in [5, 5.41) is 14.6. The van der Waals surface area contributed by atoms with E-state index in [1.165, 1.54) is 0 Å². The first-order valence-corrected chi connectivity index (χ1v) is 8.87. The molecular formula is C8H13NO5S3. The maximum absolute atomic E-state index is 11.5. The monoisotopic (exact) mass is 299 g/mol. The van der Waals surface area contributed by atoms with Gasteiger partial charge in [0.1, 0.15) is 8.42 Å². The summed E-state index contributed by atoms with van der Waals surface area (Å²) in [7, 11) is -7.55. The Bertz CT molecular complexity index is 614. The first kappa shape index (κ1) is 14.6. The van der Waals surface area contributed by atoms with Crippen molar-refractivity contribution in [2.75, 3.05) is 6.26 Å². The maximum atomic E-state index is 11.5. The van der Waals surface area contributed by atoms with E-state index in [4.69, 9.17) is 5.14 Å². The van der Waals surface area contributed by atoms with E-state index in [1.807, 2.05) is 0 Å². The third kappa shape index (κ3) is 3.26. The molecule has 0 amide bonds. The molecule has 0 aromatic carbocycles. The Labute approximate surface area is 104 Å². The van der Waals surface area contributed by atoms with Crippen LogP contribution >= 0.6 is 11.3 Å². The molecule has 6 nitrogen and oxygen atoms in total. The standard InChI is InChI=1S/C8H13NO5S3/c1-3-6(10)5-4-7(17(9,13)14)15-8(5)16(2,11)12/h4,6,10H,3H2,1-2H3,(H2,9,13,14). The number of aliphatic hydroxyl groups is 1. The van der Waals surface area contributed by atoms with Gasteiger partial charge in [0.25, 0.3) is 0 Å².